The van der Waals surface area contributed by atoms with Crippen molar-refractivity contribution in [3.05, 3.63) is 41.7 Å². The molecule has 5 nitrogen and oxygen atoms in total. The third-order valence-corrected chi connectivity index (χ3v) is 4.22. The summed E-state index contributed by atoms with van der Waals surface area (Å²) in [6, 6.07) is 10.6. The van der Waals surface area contributed by atoms with Crippen molar-refractivity contribution in [3.8, 4) is 0 Å². The van der Waals surface area contributed by atoms with Gasteiger partial charge in [0.25, 0.3) is 0 Å². The zero-order chi connectivity index (χ0) is 15.2. The van der Waals surface area contributed by atoms with Gasteiger partial charge in [0, 0.05) is 6.04 Å². The number of nitrogens with zero attached hydrogens (tertiary/aromatic N) is 3. The summed E-state index contributed by atoms with van der Waals surface area (Å²) < 4.78 is 2.02. The van der Waals surface area contributed by atoms with Gasteiger partial charge in [-0.2, -0.15) is 0 Å². The van der Waals surface area contributed by atoms with Gasteiger partial charge in [-0.1, -0.05) is 42.1 Å². The molecular formula is C15H19N3O2S. The Labute approximate surface area is 128 Å². The number of rotatable bonds is 7. The van der Waals surface area contributed by atoms with Gasteiger partial charge in [-0.25, -0.2) is 0 Å². The lowest BCUT2D eigenvalue weighted by atomic mass is 10.1. The maximum absolute atomic E-state index is 10.7. The van der Waals surface area contributed by atoms with Crippen molar-refractivity contribution in [2.24, 2.45) is 0 Å². The number of hydrogen-bond acceptors (Lipinski definition) is 4. The number of aryl methyl sites for hydroxylation is 2. The molecular weight excluding hydrogens is 286 g/mol. The molecule has 2 rings (SSSR count). The predicted octanol–water partition coefficient (Wildman–Crippen LogP) is 2.96. The summed E-state index contributed by atoms with van der Waals surface area (Å²) in [4.78, 5) is 10.7. The van der Waals surface area contributed by atoms with E-state index >= 15 is 0 Å². The molecule has 0 saturated carbocycles. The molecule has 1 aromatic carbocycles. The summed E-state index contributed by atoms with van der Waals surface area (Å²) in [5.74, 6) is -0.0172. The molecule has 0 aliphatic carbocycles. The average molecular weight is 305 g/mol. The SMILES string of the molecule is Cc1nnc(SCC(=O)O)n1C(C)CCc1ccccc1. The Morgan fingerprint density at radius 2 is 2.05 bits per heavy atom. The Kier molecular flexibility index (Phi) is 5.38. The fourth-order valence-electron chi connectivity index (χ4n) is 2.23. The molecule has 0 bridgehead atoms. The minimum atomic E-state index is -0.843. The van der Waals surface area contributed by atoms with Gasteiger partial charge in [0.15, 0.2) is 5.16 Å². The molecule has 1 aromatic heterocycles. The molecule has 2 aromatic rings. The van der Waals surface area contributed by atoms with Crippen LogP contribution in [0.4, 0.5) is 0 Å². The molecule has 6 heteroatoms. The van der Waals surface area contributed by atoms with Gasteiger partial charge in [-0.3, -0.25) is 4.79 Å². The van der Waals surface area contributed by atoms with Gasteiger partial charge in [0.2, 0.25) is 0 Å². The second-order valence-corrected chi connectivity index (χ2v) is 5.90. The molecule has 0 spiro atoms. The van der Waals surface area contributed by atoms with Gasteiger partial charge in [0.05, 0.1) is 5.75 Å². The number of carbonyl (C=O) groups is 1. The molecule has 0 aliphatic heterocycles. The number of aliphatic carboxylic acids is 1. The minimum absolute atomic E-state index is 0.00351. The van der Waals surface area contributed by atoms with Crippen LogP contribution in [0.3, 0.4) is 0 Å². The number of aromatic nitrogens is 3. The number of carboxylic acid groups (broad SMARTS) is 1. The van der Waals surface area contributed by atoms with E-state index < -0.39 is 5.97 Å². The standard InChI is InChI=1S/C15H19N3O2S/c1-11(8-9-13-6-4-3-5-7-13)18-12(2)16-17-15(18)21-10-14(19)20/h3-7,11H,8-10H2,1-2H3,(H,19,20). The summed E-state index contributed by atoms with van der Waals surface area (Å²) in [5.41, 5.74) is 1.30. The van der Waals surface area contributed by atoms with E-state index in [1.54, 1.807) is 0 Å². The zero-order valence-corrected chi connectivity index (χ0v) is 13.0. The van der Waals surface area contributed by atoms with E-state index in [0.717, 1.165) is 18.7 Å². The summed E-state index contributed by atoms with van der Waals surface area (Å²) in [5, 5.41) is 17.6. The lowest BCUT2D eigenvalue weighted by Gasteiger charge is -2.16. The monoisotopic (exact) mass is 305 g/mol. The van der Waals surface area contributed by atoms with Crippen LogP contribution in [0.25, 0.3) is 0 Å². The Hall–Kier alpha value is -1.82. The van der Waals surface area contributed by atoms with E-state index in [4.69, 9.17) is 5.11 Å². The van der Waals surface area contributed by atoms with Crippen LogP contribution < -0.4 is 0 Å². The Morgan fingerprint density at radius 3 is 2.71 bits per heavy atom. The first-order chi connectivity index (χ1) is 10.1. The number of benzene rings is 1. The van der Waals surface area contributed by atoms with Crippen LogP contribution in [0.2, 0.25) is 0 Å². The summed E-state index contributed by atoms with van der Waals surface area (Å²) in [6.45, 7) is 4.01. The largest absolute Gasteiger partial charge is 0.481 e. The number of carboxylic acids is 1. The first-order valence-corrected chi connectivity index (χ1v) is 7.86. The first kappa shape index (κ1) is 15.6. The van der Waals surface area contributed by atoms with Gasteiger partial charge in [0.1, 0.15) is 5.82 Å². The molecule has 1 atom stereocenters. The van der Waals surface area contributed by atoms with Crippen LogP contribution in [0, 0.1) is 6.92 Å². The Bertz CT molecular complexity index is 598. The smallest absolute Gasteiger partial charge is 0.313 e. The highest BCUT2D eigenvalue weighted by atomic mass is 32.2. The highest BCUT2D eigenvalue weighted by Gasteiger charge is 2.16. The van der Waals surface area contributed by atoms with Crippen molar-refractivity contribution in [2.75, 3.05) is 5.75 Å². The minimum Gasteiger partial charge on any atom is -0.481 e. The van der Waals surface area contributed by atoms with E-state index in [1.807, 2.05) is 29.7 Å². The summed E-state index contributed by atoms with van der Waals surface area (Å²) in [6.07, 6.45) is 1.94. The summed E-state index contributed by atoms with van der Waals surface area (Å²) >= 11 is 1.22. The van der Waals surface area contributed by atoms with Gasteiger partial charge >= 0.3 is 5.97 Å². The van der Waals surface area contributed by atoms with E-state index in [2.05, 4.69) is 29.3 Å². The average Bonchev–Trinajstić information content (AvgIpc) is 2.85. The van der Waals surface area contributed by atoms with Crippen molar-refractivity contribution >= 4 is 17.7 Å². The highest BCUT2D eigenvalue weighted by Crippen LogP contribution is 2.24. The second-order valence-electron chi connectivity index (χ2n) is 4.96. The third-order valence-electron chi connectivity index (χ3n) is 3.29. The molecule has 112 valence electrons. The molecule has 0 aliphatic rings. The third kappa shape index (κ3) is 4.32. The van der Waals surface area contributed by atoms with E-state index in [-0.39, 0.29) is 11.8 Å². The first-order valence-electron chi connectivity index (χ1n) is 6.88. The van der Waals surface area contributed by atoms with Crippen LogP contribution in [-0.2, 0) is 11.2 Å². The van der Waals surface area contributed by atoms with Gasteiger partial charge < -0.3 is 9.67 Å². The maximum atomic E-state index is 10.7. The van der Waals surface area contributed by atoms with Crippen molar-refractivity contribution in [1.29, 1.82) is 0 Å². The van der Waals surface area contributed by atoms with E-state index in [1.165, 1.54) is 17.3 Å². The predicted molar refractivity (Wildman–Crippen MR) is 82.6 cm³/mol. The topological polar surface area (TPSA) is 68.0 Å². The molecule has 1 N–H and O–H groups in total. The second kappa shape index (κ2) is 7.26. The number of hydrogen-bond donors (Lipinski definition) is 1. The quantitative estimate of drug-likeness (QED) is 0.797. The molecule has 0 saturated heterocycles. The molecule has 1 unspecified atom stereocenters. The van der Waals surface area contributed by atoms with Crippen LogP contribution in [0.1, 0.15) is 30.8 Å². The van der Waals surface area contributed by atoms with Crippen LogP contribution in [0.5, 0.6) is 0 Å². The molecule has 0 amide bonds. The van der Waals surface area contributed by atoms with E-state index in [0.29, 0.717) is 5.16 Å². The van der Waals surface area contributed by atoms with Crippen molar-refractivity contribution in [2.45, 2.75) is 37.9 Å². The fourth-order valence-corrected chi connectivity index (χ4v) is 3.03. The molecule has 0 radical (unpaired) electrons. The summed E-state index contributed by atoms with van der Waals surface area (Å²) in [7, 11) is 0. The zero-order valence-electron chi connectivity index (χ0n) is 12.2. The van der Waals surface area contributed by atoms with Crippen LogP contribution in [0.15, 0.2) is 35.5 Å². The lowest BCUT2D eigenvalue weighted by molar-refractivity contribution is -0.133. The Balaban J connectivity index is 2.02. The van der Waals surface area contributed by atoms with Crippen LogP contribution >= 0.6 is 11.8 Å². The van der Waals surface area contributed by atoms with Gasteiger partial charge in [-0.05, 0) is 32.3 Å². The van der Waals surface area contributed by atoms with Gasteiger partial charge in [-0.15, -0.1) is 10.2 Å². The highest BCUT2D eigenvalue weighted by molar-refractivity contribution is 7.99. The van der Waals surface area contributed by atoms with Crippen molar-refractivity contribution in [1.82, 2.24) is 14.8 Å². The van der Waals surface area contributed by atoms with Crippen LogP contribution in [-0.4, -0.2) is 31.6 Å². The Morgan fingerprint density at radius 1 is 1.33 bits per heavy atom. The normalized spacial score (nSPS) is 12.3. The molecule has 0 fully saturated rings. The maximum Gasteiger partial charge on any atom is 0.313 e. The molecule has 1 heterocycles. The van der Waals surface area contributed by atoms with Crippen molar-refractivity contribution < 1.29 is 9.90 Å². The number of thioether (sulfide) groups is 1. The van der Waals surface area contributed by atoms with E-state index in [9.17, 15) is 4.79 Å². The lowest BCUT2D eigenvalue weighted by Crippen LogP contribution is -2.11. The van der Waals surface area contributed by atoms with Crippen molar-refractivity contribution in [3.63, 3.8) is 0 Å². The molecule has 21 heavy (non-hydrogen) atoms. The fraction of sp³-hybridized carbons (Fsp3) is 0.400.